The Hall–Kier alpha value is -3.32. The van der Waals surface area contributed by atoms with E-state index in [1.54, 1.807) is 18.2 Å². The van der Waals surface area contributed by atoms with Crippen LogP contribution < -0.4 is 26.0 Å². The molecule has 12 nitrogen and oxygen atoms in total. The van der Waals surface area contributed by atoms with Gasteiger partial charge in [0.15, 0.2) is 6.61 Å². The Morgan fingerprint density at radius 1 is 0.980 bits per heavy atom. The number of carbonyl (C=O) groups excluding carboxylic acids is 4. The summed E-state index contributed by atoms with van der Waals surface area (Å²) in [5.41, 5.74) is -0.839. The highest BCUT2D eigenvalue weighted by atomic mass is 32.2. The van der Waals surface area contributed by atoms with Crippen molar-refractivity contribution in [3.05, 3.63) is 29.8 Å². The van der Waals surface area contributed by atoms with Crippen LogP contribution >= 0.6 is 11.8 Å². The second-order valence-electron chi connectivity index (χ2n) is 14.7. The zero-order valence-corrected chi connectivity index (χ0v) is 31.3. The molecule has 2 aliphatic heterocycles. The van der Waals surface area contributed by atoms with Crippen molar-refractivity contribution < 1.29 is 38.6 Å². The van der Waals surface area contributed by atoms with Crippen molar-refractivity contribution in [2.75, 3.05) is 44.4 Å². The summed E-state index contributed by atoms with van der Waals surface area (Å²) in [4.78, 5) is 60.6. The maximum atomic E-state index is 12.8. The SMILES string of the molecule is CCC1CC(=O)N[C@H]2CSC[C@@H](CCCCC(=O)NCCC(C)(C)OCCC(C)(C)C(=O)NCCNC(=O)c3cccc(OCC(=O)O)c3)[C@@H]12. The summed E-state index contributed by atoms with van der Waals surface area (Å²) in [6.07, 6.45) is 6.31. The smallest absolute Gasteiger partial charge is 0.341 e. The van der Waals surface area contributed by atoms with Gasteiger partial charge >= 0.3 is 5.97 Å². The third-order valence-corrected chi connectivity index (χ3v) is 11.0. The van der Waals surface area contributed by atoms with E-state index in [0.29, 0.717) is 68.2 Å². The first-order valence-electron chi connectivity index (χ1n) is 18.0. The molecule has 3 rings (SSSR count). The zero-order valence-electron chi connectivity index (χ0n) is 30.4. The summed E-state index contributed by atoms with van der Waals surface area (Å²) >= 11 is 1.94. The van der Waals surface area contributed by atoms with Gasteiger partial charge in [-0.3, -0.25) is 19.2 Å². The average Bonchev–Trinajstić information content (AvgIpc) is 3.06. The Kier molecular flexibility index (Phi) is 16.4. The number of fused-ring (bicyclic) bond motifs is 1. The van der Waals surface area contributed by atoms with E-state index in [0.717, 1.165) is 37.2 Å². The summed E-state index contributed by atoms with van der Waals surface area (Å²) in [7, 11) is 0. The molecule has 0 spiro atoms. The van der Waals surface area contributed by atoms with Gasteiger partial charge in [0.25, 0.3) is 5.91 Å². The van der Waals surface area contributed by atoms with E-state index < -0.39 is 23.6 Å². The third-order valence-electron chi connectivity index (χ3n) is 9.77. The highest BCUT2D eigenvalue weighted by Gasteiger charge is 2.42. The van der Waals surface area contributed by atoms with Gasteiger partial charge < -0.3 is 35.8 Å². The first-order chi connectivity index (χ1) is 23.7. The molecule has 5 N–H and O–H groups in total. The standard InChI is InChI=1S/C37H58N4O8S/c1-6-25-21-31(43)41-29-24-50-23-27(33(25)29)10-7-8-13-30(42)38-16-14-37(4,5)49-19-15-36(2,3)35(47)40-18-17-39-34(46)26-11-9-12-28(20-26)48-22-32(44)45/h9,11-12,20,25,27,29,33H,6-8,10,13-19,21-24H2,1-5H3,(H,38,42)(H,39,46)(H,40,47)(H,41,43)(H,44,45)/t25?,27-,29+,33-/m1/s1. The molecule has 2 saturated heterocycles. The van der Waals surface area contributed by atoms with Crippen LogP contribution in [0.3, 0.4) is 0 Å². The molecule has 1 unspecified atom stereocenters. The minimum atomic E-state index is -1.11. The predicted molar refractivity (Wildman–Crippen MR) is 194 cm³/mol. The normalized spacial score (nSPS) is 20.6. The predicted octanol–water partition coefficient (Wildman–Crippen LogP) is 4.17. The number of thioether (sulfide) groups is 1. The van der Waals surface area contributed by atoms with Crippen molar-refractivity contribution in [2.45, 2.75) is 97.6 Å². The van der Waals surface area contributed by atoms with E-state index in [1.165, 1.54) is 6.07 Å². The third kappa shape index (κ3) is 13.8. The van der Waals surface area contributed by atoms with E-state index in [9.17, 15) is 24.0 Å². The van der Waals surface area contributed by atoms with Crippen LogP contribution in [-0.2, 0) is 23.9 Å². The van der Waals surface area contributed by atoms with Crippen LogP contribution in [0.25, 0.3) is 0 Å². The van der Waals surface area contributed by atoms with Gasteiger partial charge in [0.2, 0.25) is 17.7 Å². The highest BCUT2D eigenvalue weighted by Crippen LogP contribution is 2.41. The largest absolute Gasteiger partial charge is 0.482 e. The molecule has 0 aliphatic carbocycles. The summed E-state index contributed by atoms with van der Waals surface area (Å²) in [5.74, 6) is 2.69. The highest BCUT2D eigenvalue weighted by molar-refractivity contribution is 7.99. The summed E-state index contributed by atoms with van der Waals surface area (Å²) < 4.78 is 11.2. The number of carboxylic acid groups (broad SMARTS) is 1. The molecule has 0 saturated carbocycles. The molecule has 1 aromatic rings. The molecule has 50 heavy (non-hydrogen) atoms. The van der Waals surface area contributed by atoms with Crippen LogP contribution in [0.5, 0.6) is 5.75 Å². The average molecular weight is 719 g/mol. The minimum absolute atomic E-state index is 0.0559. The van der Waals surface area contributed by atoms with Gasteiger partial charge in [0, 0.05) is 61.9 Å². The Bertz CT molecular complexity index is 1300. The number of piperidine rings is 1. The number of amides is 4. The number of unbranched alkanes of at least 4 members (excludes halogenated alkanes) is 1. The first kappa shape index (κ1) is 41.1. The molecule has 13 heteroatoms. The minimum Gasteiger partial charge on any atom is -0.482 e. The molecule has 0 bridgehead atoms. The Labute approximate surface area is 301 Å². The zero-order chi connectivity index (χ0) is 36.7. The lowest BCUT2D eigenvalue weighted by molar-refractivity contribution is -0.139. The van der Waals surface area contributed by atoms with Crippen molar-refractivity contribution in [3.8, 4) is 5.75 Å². The van der Waals surface area contributed by atoms with Gasteiger partial charge in [-0.1, -0.05) is 39.7 Å². The van der Waals surface area contributed by atoms with Gasteiger partial charge in [-0.15, -0.1) is 0 Å². The maximum absolute atomic E-state index is 12.8. The van der Waals surface area contributed by atoms with E-state index in [2.05, 4.69) is 28.2 Å². The number of carboxylic acids is 1. The van der Waals surface area contributed by atoms with Gasteiger partial charge in [-0.05, 0) is 81.2 Å². The molecule has 4 atom stereocenters. The van der Waals surface area contributed by atoms with E-state index in [-0.39, 0.29) is 42.5 Å². The number of benzene rings is 1. The molecule has 2 aliphatic rings. The number of hydrogen-bond donors (Lipinski definition) is 5. The number of hydrogen-bond acceptors (Lipinski definition) is 8. The van der Waals surface area contributed by atoms with E-state index >= 15 is 0 Å². The van der Waals surface area contributed by atoms with Crippen LogP contribution in [0.4, 0.5) is 0 Å². The fourth-order valence-electron chi connectivity index (χ4n) is 6.70. The van der Waals surface area contributed by atoms with Gasteiger partial charge in [-0.25, -0.2) is 4.79 Å². The maximum Gasteiger partial charge on any atom is 0.341 e. The topological polar surface area (TPSA) is 172 Å². The van der Waals surface area contributed by atoms with Crippen LogP contribution in [0.15, 0.2) is 24.3 Å². The van der Waals surface area contributed by atoms with Crippen LogP contribution in [0.2, 0.25) is 0 Å². The van der Waals surface area contributed by atoms with E-state index in [4.69, 9.17) is 14.6 Å². The number of carbonyl (C=O) groups is 5. The summed E-state index contributed by atoms with van der Waals surface area (Å²) in [6.45, 7) is 10.7. The van der Waals surface area contributed by atoms with Crippen LogP contribution in [-0.4, -0.2) is 90.7 Å². The summed E-state index contributed by atoms with van der Waals surface area (Å²) in [6, 6.07) is 6.52. The Balaban J connectivity index is 1.26. The van der Waals surface area contributed by atoms with Crippen molar-refractivity contribution in [1.29, 1.82) is 0 Å². The van der Waals surface area contributed by atoms with Crippen LogP contribution in [0, 0.1) is 23.2 Å². The molecule has 2 fully saturated rings. The Morgan fingerprint density at radius 2 is 1.74 bits per heavy atom. The first-order valence-corrected chi connectivity index (χ1v) is 19.1. The number of ether oxygens (including phenoxy) is 2. The molecular weight excluding hydrogens is 660 g/mol. The number of aliphatic carboxylic acids is 1. The monoisotopic (exact) mass is 718 g/mol. The fourth-order valence-corrected chi connectivity index (χ4v) is 8.09. The molecule has 280 valence electrons. The lowest BCUT2D eigenvalue weighted by Crippen LogP contribution is -2.55. The second kappa shape index (κ2) is 19.9. The lowest BCUT2D eigenvalue weighted by atomic mass is 9.71. The lowest BCUT2D eigenvalue weighted by Gasteiger charge is -2.46. The van der Waals surface area contributed by atoms with Crippen LogP contribution in [0.1, 0.15) is 96.3 Å². The van der Waals surface area contributed by atoms with Crippen molar-refractivity contribution >= 4 is 41.4 Å². The molecule has 0 aromatic heterocycles. The number of nitrogens with one attached hydrogen (secondary N) is 4. The molecule has 4 amide bonds. The van der Waals surface area contributed by atoms with Gasteiger partial charge in [0.05, 0.1) is 5.60 Å². The fraction of sp³-hybridized carbons (Fsp3) is 0.703. The molecule has 0 radical (unpaired) electrons. The summed E-state index contributed by atoms with van der Waals surface area (Å²) in [5, 5.41) is 20.6. The number of rotatable bonds is 21. The van der Waals surface area contributed by atoms with Crippen molar-refractivity contribution in [2.24, 2.45) is 23.2 Å². The van der Waals surface area contributed by atoms with Crippen molar-refractivity contribution in [1.82, 2.24) is 21.3 Å². The quantitative estimate of drug-likeness (QED) is 0.117. The van der Waals surface area contributed by atoms with Gasteiger partial charge in [-0.2, -0.15) is 11.8 Å². The van der Waals surface area contributed by atoms with Gasteiger partial charge in [0.1, 0.15) is 5.75 Å². The second-order valence-corrected chi connectivity index (χ2v) is 15.8. The Morgan fingerprint density at radius 3 is 2.48 bits per heavy atom. The van der Waals surface area contributed by atoms with Crippen molar-refractivity contribution in [3.63, 3.8) is 0 Å². The molecule has 2 heterocycles. The van der Waals surface area contributed by atoms with E-state index in [1.807, 2.05) is 39.5 Å². The molecule has 1 aromatic carbocycles. The molecular formula is C37H58N4O8S.